The number of nitrogens with zero attached hydrogens (tertiary/aromatic N) is 4. The highest BCUT2D eigenvalue weighted by molar-refractivity contribution is 5.95. The van der Waals surface area contributed by atoms with Crippen LogP contribution in [0.25, 0.3) is 0 Å². The van der Waals surface area contributed by atoms with E-state index < -0.39 is 0 Å². The van der Waals surface area contributed by atoms with Gasteiger partial charge in [-0.3, -0.25) is 19.7 Å². The average Bonchev–Trinajstić information content (AvgIpc) is 3.33. The van der Waals surface area contributed by atoms with Gasteiger partial charge in [0, 0.05) is 50.9 Å². The number of rotatable bonds is 6. The van der Waals surface area contributed by atoms with E-state index in [1.54, 1.807) is 18.6 Å². The number of piperidine rings is 1. The predicted octanol–water partition coefficient (Wildman–Crippen LogP) is 3.55. The fraction of sp³-hybridized carbons (Fsp3) is 0.583. The molecule has 0 aromatic carbocycles. The number of hydrogen-bond donors (Lipinski definition) is 1. The van der Waals surface area contributed by atoms with E-state index in [-0.39, 0.29) is 17.7 Å². The lowest BCUT2D eigenvalue weighted by Crippen LogP contribution is -2.41. The van der Waals surface area contributed by atoms with Crippen LogP contribution in [0.15, 0.2) is 30.7 Å². The van der Waals surface area contributed by atoms with Crippen molar-refractivity contribution in [2.75, 3.05) is 20.1 Å². The van der Waals surface area contributed by atoms with Crippen LogP contribution in [-0.4, -0.2) is 63.0 Å². The van der Waals surface area contributed by atoms with Crippen molar-refractivity contribution in [2.24, 2.45) is 0 Å². The van der Waals surface area contributed by atoms with Crippen LogP contribution < -0.4 is 0 Å². The number of H-pyrrole nitrogens is 1. The second-order valence-electron chi connectivity index (χ2n) is 8.94. The smallest absolute Gasteiger partial charge is 0.257 e. The maximum Gasteiger partial charge on any atom is 0.257 e. The molecule has 1 saturated heterocycles. The van der Waals surface area contributed by atoms with E-state index in [4.69, 9.17) is 0 Å². The summed E-state index contributed by atoms with van der Waals surface area (Å²) in [6.45, 7) is 1.43. The van der Waals surface area contributed by atoms with Gasteiger partial charge in [-0.1, -0.05) is 19.3 Å². The summed E-state index contributed by atoms with van der Waals surface area (Å²) in [4.78, 5) is 33.9. The van der Waals surface area contributed by atoms with Crippen LogP contribution in [0, 0.1) is 0 Å². The van der Waals surface area contributed by atoms with E-state index in [0.29, 0.717) is 24.6 Å². The van der Waals surface area contributed by atoms with Crippen molar-refractivity contribution in [3.8, 4) is 0 Å². The zero-order chi connectivity index (χ0) is 21.6. The number of likely N-dealkylation sites (tertiary alicyclic amines) is 1. The molecule has 0 radical (unpaired) electrons. The number of aryl methyl sites for hydroxylation is 1. The molecule has 1 atom stereocenters. The Labute approximate surface area is 184 Å². The van der Waals surface area contributed by atoms with Gasteiger partial charge in [-0.25, -0.2) is 0 Å². The summed E-state index contributed by atoms with van der Waals surface area (Å²) >= 11 is 0. The molecule has 7 heteroatoms. The Hall–Kier alpha value is -2.70. The van der Waals surface area contributed by atoms with Gasteiger partial charge in [0.05, 0.1) is 17.5 Å². The standard InChI is InChI=1S/C24H33N5O2/c1-28(20-7-3-2-4-8-20)24(31)21-16-26-27-23(21)19-6-5-15-29(17-19)22(30)10-9-18-11-13-25-14-12-18/h11-14,16,19-20H,2-10,15,17H2,1H3,(H,26,27). The summed E-state index contributed by atoms with van der Waals surface area (Å²) in [5.74, 6) is 0.352. The molecule has 166 valence electrons. The Morgan fingerprint density at radius 1 is 1.13 bits per heavy atom. The summed E-state index contributed by atoms with van der Waals surface area (Å²) in [7, 11) is 1.92. The topological polar surface area (TPSA) is 82.2 Å². The monoisotopic (exact) mass is 423 g/mol. The normalized spacial score (nSPS) is 19.9. The van der Waals surface area contributed by atoms with E-state index in [1.807, 2.05) is 29.0 Å². The summed E-state index contributed by atoms with van der Waals surface area (Å²) in [5, 5.41) is 7.30. The molecular weight excluding hydrogens is 390 g/mol. The zero-order valence-electron chi connectivity index (χ0n) is 18.4. The molecular formula is C24H33N5O2. The lowest BCUT2D eigenvalue weighted by Gasteiger charge is -2.34. The minimum Gasteiger partial charge on any atom is -0.342 e. The zero-order valence-corrected chi connectivity index (χ0v) is 18.4. The Morgan fingerprint density at radius 2 is 1.90 bits per heavy atom. The Balaban J connectivity index is 1.39. The molecule has 1 aliphatic carbocycles. The molecule has 2 amide bonds. The fourth-order valence-electron chi connectivity index (χ4n) is 5.00. The largest absolute Gasteiger partial charge is 0.342 e. The van der Waals surface area contributed by atoms with Gasteiger partial charge in [0.1, 0.15) is 0 Å². The Kier molecular flexibility index (Phi) is 6.99. The third kappa shape index (κ3) is 5.14. The molecule has 7 nitrogen and oxygen atoms in total. The number of nitrogens with one attached hydrogen (secondary N) is 1. The van der Waals surface area contributed by atoms with E-state index >= 15 is 0 Å². The maximum absolute atomic E-state index is 13.2. The maximum atomic E-state index is 13.2. The number of pyridine rings is 1. The first-order valence-corrected chi connectivity index (χ1v) is 11.6. The second kappa shape index (κ2) is 10.1. The molecule has 0 bridgehead atoms. The quantitative estimate of drug-likeness (QED) is 0.770. The van der Waals surface area contributed by atoms with Crippen LogP contribution in [0.1, 0.15) is 78.9 Å². The van der Waals surface area contributed by atoms with Gasteiger partial charge in [0.25, 0.3) is 5.91 Å². The van der Waals surface area contributed by atoms with Crippen LogP contribution in [0.3, 0.4) is 0 Å². The summed E-state index contributed by atoms with van der Waals surface area (Å²) < 4.78 is 0. The van der Waals surface area contributed by atoms with Gasteiger partial charge < -0.3 is 9.80 Å². The fourth-order valence-corrected chi connectivity index (χ4v) is 5.00. The molecule has 4 rings (SSSR count). The number of amides is 2. The summed E-state index contributed by atoms with van der Waals surface area (Å²) in [6.07, 6.45) is 14.1. The molecule has 2 fully saturated rings. The number of hydrogen-bond acceptors (Lipinski definition) is 4. The minimum atomic E-state index is 0.0526. The van der Waals surface area contributed by atoms with E-state index in [1.165, 1.54) is 19.3 Å². The average molecular weight is 424 g/mol. The van der Waals surface area contributed by atoms with Crippen LogP contribution in [-0.2, 0) is 11.2 Å². The van der Waals surface area contributed by atoms with Crippen molar-refractivity contribution >= 4 is 11.8 Å². The first-order valence-electron chi connectivity index (χ1n) is 11.6. The molecule has 2 aromatic rings. The first kappa shape index (κ1) is 21.5. The van der Waals surface area contributed by atoms with Gasteiger partial charge in [-0.2, -0.15) is 5.10 Å². The predicted molar refractivity (Wildman–Crippen MR) is 119 cm³/mol. The molecule has 1 unspecified atom stereocenters. The number of aromatic amines is 1. The van der Waals surface area contributed by atoms with E-state index in [9.17, 15) is 9.59 Å². The molecule has 2 aliphatic rings. The van der Waals surface area contributed by atoms with Crippen molar-refractivity contribution in [3.05, 3.63) is 47.5 Å². The summed E-state index contributed by atoms with van der Waals surface area (Å²) in [6, 6.07) is 4.23. The number of carbonyl (C=O) groups is 2. The van der Waals surface area contributed by atoms with Crippen LogP contribution in [0.2, 0.25) is 0 Å². The Bertz CT molecular complexity index is 875. The van der Waals surface area contributed by atoms with Gasteiger partial charge >= 0.3 is 0 Å². The molecule has 1 aliphatic heterocycles. The highest BCUT2D eigenvalue weighted by Gasteiger charge is 2.31. The first-order chi connectivity index (χ1) is 15.1. The highest BCUT2D eigenvalue weighted by Crippen LogP contribution is 2.30. The third-order valence-electron chi connectivity index (χ3n) is 6.90. The molecule has 0 spiro atoms. The molecule has 1 N–H and O–H groups in total. The van der Waals surface area contributed by atoms with Gasteiger partial charge in [-0.05, 0) is 49.8 Å². The molecule has 1 saturated carbocycles. The van der Waals surface area contributed by atoms with Crippen LogP contribution in [0.4, 0.5) is 0 Å². The van der Waals surface area contributed by atoms with Crippen LogP contribution >= 0.6 is 0 Å². The van der Waals surface area contributed by atoms with Gasteiger partial charge in [0.2, 0.25) is 5.91 Å². The van der Waals surface area contributed by atoms with Crippen molar-refractivity contribution in [2.45, 2.75) is 69.7 Å². The van der Waals surface area contributed by atoms with Crippen molar-refractivity contribution in [1.82, 2.24) is 25.0 Å². The number of carbonyl (C=O) groups excluding carboxylic acids is 2. The summed E-state index contributed by atoms with van der Waals surface area (Å²) in [5.41, 5.74) is 2.69. The van der Waals surface area contributed by atoms with Gasteiger partial charge in [-0.15, -0.1) is 0 Å². The third-order valence-corrected chi connectivity index (χ3v) is 6.90. The highest BCUT2D eigenvalue weighted by atomic mass is 16.2. The van der Waals surface area contributed by atoms with Gasteiger partial charge in [0.15, 0.2) is 0 Å². The lowest BCUT2D eigenvalue weighted by molar-refractivity contribution is -0.132. The van der Waals surface area contributed by atoms with Crippen molar-refractivity contribution in [1.29, 1.82) is 0 Å². The lowest BCUT2D eigenvalue weighted by atomic mass is 9.91. The number of aromatic nitrogens is 3. The molecule has 3 heterocycles. The van der Waals surface area contributed by atoms with Crippen molar-refractivity contribution in [3.63, 3.8) is 0 Å². The Morgan fingerprint density at radius 3 is 2.68 bits per heavy atom. The van der Waals surface area contributed by atoms with Crippen molar-refractivity contribution < 1.29 is 9.59 Å². The van der Waals surface area contributed by atoms with E-state index in [0.717, 1.165) is 49.9 Å². The minimum absolute atomic E-state index is 0.0526. The van der Waals surface area contributed by atoms with Crippen LogP contribution in [0.5, 0.6) is 0 Å². The second-order valence-corrected chi connectivity index (χ2v) is 8.94. The molecule has 2 aromatic heterocycles. The SMILES string of the molecule is CN(C(=O)c1cn[nH]c1C1CCCN(C(=O)CCc2ccncc2)C1)C1CCCCC1. The van der Waals surface area contributed by atoms with E-state index in [2.05, 4.69) is 15.2 Å². The molecule has 31 heavy (non-hydrogen) atoms.